The van der Waals surface area contributed by atoms with E-state index in [0.29, 0.717) is 0 Å². The van der Waals surface area contributed by atoms with Gasteiger partial charge in [0.25, 0.3) is 11.8 Å². The summed E-state index contributed by atoms with van der Waals surface area (Å²) in [5.41, 5.74) is 0.728. The largest absolute Gasteiger partial charge is 0.272 e. The first-order valence-electron chi connectivity index (χ1n) is 4.34. The van der Waals surface area contributed by atoms with Crippen LogP contribution in [0.4, 0.5) is 5.69 Å². The molecule has 2 amide bonds. The third kappa shape index (κ3) is 1.25. The van der Waals surface area contributed by atoms with E-state index in [1.54, 1.807) is 19.2 Å². The Hall–Kier alpha value is -1.84. The monoisotopic (exact) mass is 190 g/mol. The highest BCUT2D eigenvalue weighted by Gasteiger charge is 2.33. The van der Waals surface area contributed by atoms with E-state index in [-0.39, 0.29) is 18.2 Å². The highest BCUT2D eigenvalue weighted by molar-refractivity contribution is 6.11. The second-order valence-corrected chi connectivity index (χ2v) is 3.14. The summed E-state index contributed by atoms with van der Waals surface area (Å²) in [4.78, 5) is 22.7. The number of anilines is 1. The molecular formula is C10H10N2O2. The van der Waals surface area contributed by atoms with Crippen molar-refractivity contribution < 1.29 is 9.59 Å². The second kappa shape index (κ2) is 3.14. The van der Waals surface area contributed by atoms with Gasteiger partial charge in [-0.3, -0.25) is 9.59 Å². The molecule has 4 heteroatoms. The van der Waals surface area contributed by atoms with Crippen LogP contribution in [-0.4, -0.2) is 23.9 Å². The van der Waals surface area contributed by atoms with Gasteiger partial charge in [-0.25, -0.2) is 10.0 Å². The third-order valence-electron chi connectivity index (χ3n) is 2.20. The number of hydrogen-bond donors (Lipinski definition) is 0. The highest BCUT2D eigenvalue weighted by atomic mass is 16.2. The Morgan fingerprint density at radius 2 is 1.71 bits per heavy atom. The van der Waals surface area contributed by atoms with Crippen LogP contribution in [0, 0.1) is 0 Å². The van der Waals surface area contributed by atoms with Crippen LogP contribution in [0.15, 0.2) is 30.3 Å². The maximum atomic E-state index is 11.5. The number of benzene rings is 1. The molecular weight excluding hydrogens is 180 g/mol. The summed E-state index contributed by atoms with van der Waals surface area (Å²) in [6, 6.07) is 9.13. The van der Waals surface area contributed by atoms with Crippen molar-refractivity contribution in [1.29, 1.82) is 0 Å². The van der Waals surface area contributed by atoms with E-state index in [1.165, 1.54) is 10.0 Å². The van der Waals surface area contributed by atoms with E-state index < -0.39 is 0 Å². The maximum Gasteiger partial charge on any atom is 0.255 e. The smallest absolute Gasteiger partial charge is 0.255 e. The van der Waals surface area contributed by atoms with E-state index in [0.717, 1.165) is 5.69 Å². The summed E-state index contributed by atoms with van der Waals surface area (Å²) in [5, 5.41) is 2.74. The molecule has 0 unspecified atom stereocenters. The Morgan fingerprint density at radius 3 is 2.21 bits per heavy atom. The summed E-state index contributed by atoms with van der Waals surface area (Å²) in [5.74, 6) is -0.345. The van der Waals surface area contributed by atoms with E-state index in [1.807, 2.05) is 18.2 Å². The Morgan fingerprint density at radius 1 is 1.07 bits per heavy atom. The number of para-hydroxylation sites is 1. The molecule has 14 heavy (non-hydrogen) atoms. The van der Waals surface area contributed by atoms with Crippen molar-refractivity contribution in [2.75, 3.05) is 12.1 Å². The number of amides is 2. The van der Waals surface area contributed by atoms with Crippen molar-refractivity contribution in [2.45, 2.75) is 6.42 Å². The molecule has 0 radical (unpaired) electrons. The predicted molar refractivity (Wildman–Crippen MR) is 51.3 cm³/mol. The average Bonchev–Trinajstić information content (AvgIpc) is 2.43. The van der Waals surface area contributed by atoms with Gasteiger partial charge >= 0.3 is 0 Å². The molecule has 0 atom stereocenters. The van der Waals surface area contributed by atoms with E-state index in [2.05, 4.69) is 0 Å². The molecule has 1 aliphatic rings. The van der Waals surface area contributed by atoms with Crippen LogP contribution >= 0.6 is 0 Å². The fraction of sp³-hybridized carbons (Fsp3) is 0.200. The maximum absolute atomic E-state index is 11.5. The van der Waals surface area contributed by atoms with E-state index >= 15 is 0 Å². The second-order valence-electron chi connectivity index (χ2n) is 3.14. The van der Waals surface area contributed by atoms with E-state index in [9.17, 15) is 9.59 Å². The van der Waals surface area contributed by atoms with Gasteiger partial charge in [0.1, 0.15) is 6.42 Å². The summed E-state index contributed by atoms with van der Waals surface area (Å²) in [7, 11) is 1.60. The Kier molecular flexibility index (Phi) is 1.96. The molecule has 0 N–H and O–H groups in total. The minimum atomic E-state index is -0.177. The number of carbonyl (C=O) groups excluding carboxylic acids is 2. The normalized spacial score (nSPS) is 16.6. The van der Waals surface area contributed by atoms with Gasteiger partial charge in [-0.05, 0) is 12.1 Å². The lowest BCUT2D eigenvalue weighted by molar-refractivity contribution is -0.127. The Balaban J connectivity index is 2.36. The lowest BCUT2D eigenvalue weighted by Gasteiger charge is -2.23. The van der Waals surface area contributed by atoms with Crippen LogP contribution in [0.25, 0.3) is 0 Å². The zero-order valence-electron chi connectivity index (χ0n) is 7.80. The van der Waals surface area contributed by atoms with Crippen LogP contribution < -0.4 is 5.01 Å². The van der Waals surface area contributed by atoms with Gasteiger partial charge < -0.3 is 0 Å². The van der Waals surface area contributed by atoms with Gasteiger partial charge in [0, 0.05) is 7.05 Å². The minimum Gasteiger partial charge on any atom is -0.272 e. The molecule has 72 valence electrons. The van der Waals surface area contributed by atoms with Gasteiger partial charge in [0.05, 0.1) is 5.69 Å². The zero-order valence-corrected chi connectivity index (χ0v) is 7.80. The van der Waals surface area contributed by atoms with Crippen LogP contribution in [0.1, 0.15) is 6.42 Å². The van der Waals surface area contributed by atoms with Crippen LogP contribution in [0.2, 0.25) is 0 Å². The predicted octanol–water partition coefficient (Wildman–Crippen LogP) is 0.797. The van der Waals surface area contributed by atoms with Crippen LogP contribution in [0.5, 0.6) is 0 Å². The van der Waals surface area contributed by atoms with Crippen molar-refractivity contribution >= 4 is 17.5 Å². The number of carbonyl (C=O) groups is 2. The molecule has 2 rings (SSSR count). The van der Waals surface area contributed by atoms with Crippen molar-refractivity contribution in [3.63, 3.8) is 0 Å². The first kappa shape index (κ1) is 8.74. The van der Waals surface area contributed by atoms with Crippen molar-refractivity contribution in [3.05, 3.63) is 30.3 Å². The minimum absolute atomic E-state index is 0.0363. The van der Waals surface area contributed by atoms with Crippen LogP contribution in [-0.2, 0) is 9.59 Å². The summed E-state index contributed by atoms with van der Waals surface area (Å²) >= 11 is 0. The van der Waals surface area contributed by atoms with Crippen molar-refractivity contribution in [1.82, 2.24) is 5.01 Å². The zero-order chi connectivity index (χ0) is 10.1. The van der Waals surface area contributed by atoms with Gasteiger partial charge in [-0.2, -0.15) is 0 Å². The molecule has 1 fully saturated rings. The van der Waals surface area contributed by atoms with Gasteiger partial charge in [0.15, 0.2) is 0 Å². The summed E-state index contributed by atoms with van der Waals surface area (Å²) < 4.78 is 0. The topological polar surface area (TPSA) is 40.6 Å². The third-order valence-corrected chi connectivity index (χ3v) is 2.20. The first-order chi connectivity index (χ1) is 6.70. The standard InChI is InChI=1S/C10H10N2O2/c1-11-9(13)7-10(14)12(11)8-5-3-2-4-6-8/h2-6H,7H2,1H3. The molecule has 0 aliphatic carbocycles. The molecule has 0 aromatic heterocycles. The van der Waals surface area contributed by atoms with Gasteiger partial charge in [-0.15, -0.1) is 0 Å². The fourth-order valence-electron chi connectivity index (χ4n) is 1.48. The number of hydrazine groups is 1. The molecule has 1 aliphatic heterocycles. The van der Waals surface area contributed by atoms with Gasteiger partial charge in [-0.1, -0.05) is 18.2 Å². The molecule has 0 spiro atoms. The number of hydrogen-bond acceptors (Lipinski definition) is 2. The molecule has 0 saturated carbocycles. The Labute approximate surface area is 81.7 Å². The van der Waals surface area contributed by atoms with Crippen molar-refractivity contribution in [3.8, 4) is 0 Å². The molecule has 4 nitrogen and oxygen atoms in total. The summed E-state index contributed by atoms with van der Waals surface area (Å²) in [6.45, 7) is 0. The Bertz CT molecular complexity index is 375. The van der Waals surface area contributed by atoms with Crippen LogP contribution in [0.3, 0.4) is 0 Å². The number of nitrogens with zero attached hydrogens (tertiary/aromatic N) is 2. The average molecular weight is 190 g/mol. The molecule has 1 heterocycles. The highest BCUT2D eigenvalue weighted by Crippen LogP contribution is 2.21. The van der Waals surface area contributed by atoms with E-state index in [4.69, 9.17) is 0 Å². The lowest BCUT2D eigenvalue weighted by atomic mass is 10.3. The SMILES string of the molecule is CN1C(=O)CC(=O)N1c1ccccc1. The molecule has 1 aromatic carbocycles. The lowest BCUT2D eigenvalue weighted by Crippen LogP contribution is -2.37. The van der Waals surface area contributed by atoms with Gasteiger partial charge in [0.2, 0.25) is 0 Å². The molecule has 0 bridgehead atoms. The quantitative estimate of drug-likeness (QED) is 0.614. The molecule has 1 aromatic rings. The first-order valence-corrected chi connectivity index (χ1v) is 4.34. The fourth-order valence-corrected chi connectivity index (χ4v) is 1.48. The number of rotatable bonds is 1. The van der Waals surface area contributed by atoms with Crippen molar-refractivity contribution in [2.24, 2.45) is 0 Å². The summed E-state index contributed by atoms with van der Waals surface area (Å²) in [6.07, 6.45) is -0.0363. The molecule has 1 saturated heterocycles.